The first kappa shape index (κ1) is 39.0. The molecule has 1 aromatic heterocycles. The fourth-order valence-corrected chi connectivity index (χ4v) is 16.9. The summed E-state index contributed by atoms with van der Waals surface area (Å²) in [5, 5.41) is 0. The lowest BCUT2D eigenvalue weighted by atomic mass is 9.54. The molecule has 9 aliphatic rings. The van der Waals surface area contributed by atoms with Crippen molar-refractivity contribution in [2.45, 2.75) is 75.0 Å². The second-order valence-electron chi connectivity index (χ2n) is 22.1. The van der Waals surface area contributed by atoms with Crippen LogP contribution in [0.5, 0.6) is 11.5 Å². The molecule has 4 heteroatoms. The average molecular weight is 892 g/mol. The minimum absolute atomic E-state index is 0.386. The lowest BCUT2D eigenvalue weighted by Crippen LogP contribution is -2.44. The maximum absolute atomic E-state index is 6.71. The van der Waals surface area contributed by atoms with Gasteiger partial charge in [-0.25, -0.2) is 15.0 Å². The van der Waals surface area contributed by atoms with Crippen LogP contribution >= 0.6 is 0 Å². The fraction of sp³-hybridized carbons (Fsp3) is 0.277. The van der Waals surface area contributed by atoms with Crippen LogP contribution in [0.15, 0.2) is 181 Å². The van der Waals surface area contributed by atoms with Crippen molar-refractivity contribution in [3.63, 3.8) is 0 Å². The first-order valence-corrected chi connectivity index (χ1v) is 25.9. The third kappa shape index (κ3) is 5.07. The number of ether oxygens (including phenoxy) is 1. The molecule has 2 spiro atoms. The van der Waals surface area contributed by atoms with Gasteiger partial charge in [0.05, 0.1) is 10.8 Å². The van der Waals surface area contributed by atoms with E-state index >= 15 is 0 Å². The predicted molar refractivity (Wildman–Crippen MR) is 274 cm³/mol. The van der Waals surface area contributed by atoms with Gasteiger partial charge in [-0.1, -0.05) is 151 Å². The monoisotopic (exact) mass is 891 g/mol. The third-order valence-corrected chi connectivity index (χ3v) is 19.3. The zero-order valence-electron chi connectivity index (χ0n) is 38.9. The van der Waals surface area contributed by atoms with Crippen LogP contribution in [-0.4, -0.2) is 15.0 Å². The lowest BCUT2D eigenvalue weighted by molar-refractivity contribution is -0.0181. The van der Waals surface area contributed by atoms with Gasteiger partial charge in [0.15, 0.2) is 11.6 Å². The second-order valence-corrected chi connectivity index (χ2v) is 22.1. The number of benzene rings is 6. The van der Waals surface area contributed by atoms with Gasteiger partial charge in [0, 0.05) is 28.7 Å². The van der Waals surface area contributed by atoms with Crippen molar-refractivity contribution in [2.75, 3.05) is 0 Å². The van der Waals surface area contributed by atoms with Gasteiger partial charge in [-0.05, 0) is 167 Å². The predicted octanol–water partition coefficient (Wildman–Crippen LogP) is 15.0. The molecule has 7 aromatic rings. The zero-order chi connectivity index (χ0) is 45.1. The summed E-state index contributed by atoms with van der Waals surface area (Å²) < 4.78 is 6.71. The van der Waals surface area contributed by atoms with Crippen LogP contribution in [0.1, 0.15) is 103 Å². The van der Waals surface area contributed by atoms with E-state index in [2.05, 4.69) is 170 Å². The summed E-state index contributed by atoms with van der Waals surface area (Å²) in [5.41, 5.74) is 17.6. The van der Waals surface area contributed by atoms with E-state index in [0.29, 0.717) is 11.3 Å². The topological polar surface area (TPSA) is 47.9 Å². The van der Waals surface area contributed by atoms with Crippen LogP contribution < -0.4 is 4.74 Å². The van der Waals surface area contributed by atoms with Gasteiger partial charge in [-0.2, -0.15) is 0 Å². The van der Waals surface area contributed by atoms with Crippen molar-refractivity contribution in [1.29, 1.82) is 0 Å². The molecule has 3 bridgehead atoms. The van der Waals surface area contributed by atoms with E-state index in [1.165, 1.54) is 98.9 Å². The van der Waals surface area contributed by atoms with E-state index in [9.17, 15) is 0 Å². The normalized spacial score (nSPS) is 28.2. The molecule has 1 aliphatic heterocycles. The Kier molecular flexibility index (Phi) is 7.97. The lowest BCUT2D eigenvalue weighted by Gasteiger charge is -2.50. The van der Waals surface area contributed by atoms with Crippen molar-refractivity contribution in [1.82, 2.24) is 15.0 Å². The van der Waals surface area contributed by atoms with Gasteiger partial charge in [-0.15, -0.1) is 0 Å². The average Bonchev–Trinajstić information content (AvgIpc) is 3.99. The minimum Gasteiger partial charge on any atom is -0.457 e. The number of aromatic nitrogens is 3. The third-order valence-electron chi connectivity index (χ3n) is 19.3. The summed E-state index contributed by atoms with van der Waals surface area (Å²) in [6, 6.07) is 51.9. The smallest absolute Gasteiger partial charge is 0.163 e. The molecular formula is C65H53N3O. The molecule has 8 aliphatic carbocycles. The number of fused-ring (bicyclic) bond motifs is 13. The molecule has 4 saturated carbocycles. The molecule has 2 heterocycles. The maximum atomic E-state index is 6.71. The Morgan fingerprint density at radius 3 is 2.01 bits per heavy atom. The molecule has 6 aromatic carbocycles. The Bertz CT molecular complexity index is 3460. The molecule has 0 N–H and O–H groups in total. The van der Waals surface area contributed by atoms with E-state index in [-0.39, 0.29) is 5.41 Å². The highest BCUT2D eigenvalue weighted by Gasteiger charge is 2.69. The summed E-state index contributed by atoms with van der Waals surface area (Å²) in [5.74, 6) is 8.42. The Labute approximate surface area is 404 Å². The number of rotatable bonds is 6. The molecule has 334 valence electrons. The first-order chi connectivity index (χ1) is 34.1. The largest absolute Gasteiger partial charge is 0.457 e. The maximum Gasteiger partial charge on any atom is 0.163 e. The standard InChI is InChI=1S/C65H53N3O/c1-3-15-43(16-4-1)64(44-17-5-2-6-18-44)51-21-9-7-19-46(51)48-29-27-40(33-56(48)64)61-66-60(36-50-42-31-39-32-45-35-55(50)63(45,37-39)38-42)67-62(68-61)41-28-30-49-47-20-8-10-22-52(47)65(57(49)34-41)53-23-11-13-25-58(53)69-59-26-14-12-24-54(59)65/h1-5,8-17,20-30,33-34,39,42,45,50,55H,6-7,18-19,31-32,35-38H2/t39-,42?,45-,50?,55?,63+,64?/m0/s1. The van der Waals surface area contributed by atoms with Gasteiger partial charge in [0.2, 0.25) is 0 Å². The molecule has 69 heavy (non-hydrogen) atoms. The quantitative estimate of drug-likeness (QED) is 0.167. The summed E-state index contributed by atoms with van der Waals surface area (Å²) in [4.78, 5) is 16.9. The highest BCUT2D eigenvalue weighted by atomic mass is 16.5. The van der Waals surface area contributed by atoms with E-state index in [1.54, 1.807) is 0 Å². The van der Waals surface area contributed by atoms with Crippen LogP contribution in [0.2, 0.25) is 0 Å². The number of allylic oxidation sites excluding steroid dienone is 8. The summed E-state index contributed by atoms with van der Waals surface area (Å²) in [6.07, 6.45) is 24.2. The van der Waals surface area contributed by atoms with Crippen LogP contribution in [0.25, 0.3) is 39.5 Å². The van der Waals surface area contributed by atoms with Crippen molar-refractivity contribution in [3.05, 3.63) is 226 Å². The molecule has 4 nitrogen and oxygen atoms in total. The van der Waals surface area contributed by atoms with Gasteiger partial charge in [-0.3, -0.25) is 0 Å². The summed E-state index contributed by atoms with van der Waals surface area (Å²) in [6.45, 7) is 0. The molecular weight excluding hydrogens is 839 g/mol. The molecule has 4 unspecified atom stereocenters. The van der Waals surface area contributed by atoms with E-state index in [4.69, 9.17) is 19.7 Å². The van der Waals surface area contributed by atoms with Crippen LogP contribution in [0.3, 0.4) is 0 Å². The Hall–Kier alpha value is -6.91. The van der Waals surface area contributed by atoms with Crippen LogP contribution in [0, 0.1) is 35.0 Å². The Morgan fingerprint density at radius 1 is 0.565 bits per heavy atom. The van der Waals surface area contributed by atoms with Crippen molar-refractivity contribution >= 4 is 5.57 Å². The second kappa shape index (κ2) is 14.1. The van der Waals surface area contributed by atoms with Gasteiger partial charge < -0.3 is 4.74 Å². The van der Waals surface area contributed by atoms with Gasteiger partial charge in [0.25, 0.3) is 0 Å². The minimum atomic E-state index is -0.572. The Balaban J connectivity index is 0.902. The van der Waals surface area contributed by atoms with Gasteiger partial charge >= 0.3 is 0 Å². The molecule has 7 atom stereocenters. The van der Waals surface area contributed by atoms with Crippen molar-refractivity contribution in [2.24, 2.45) is 35.0 Å². The summed E-state index contributed by atoms with van der Waals surface area (Å²) >= 11 is 0. The Morgan fingerprint density at radius 2 is 1.25 bits per heavy atom. The van der Waals surface area contributed by atoms with Crippen molar-refractivity contribution in [3.8, 4) is 45.4 Å². The van der Waals surface area contributed by atoms with Crippen molar-refractivity contribution < 1.29 is 4.74 Å². The van der Waals surface area contributed by atoms with Gasteiger partial charge in [0.1, 0.15) is 17.3 Å². The van der Waals surface area contributed by atoms with Crippen LogP contribution in [-0.2, 0) is 17.3 Å². The molecule has 0 saturated heterocycles. The number of nitrogens with zero attached hydrogens (tertiary/aromatic N) is 3. The highest BCUT2D eigenvalue weighted by Crippen LogP contribution is 2.77. The number of hydrogen-bond donors (Lipinski definition) is 0. The molecule has 0 radical (unpaired) electrons. The highest BCUT2D eigenvalue weighted by molar-refractivity contribution is 5.91. The molecule has 16 rings (SSSR count). The first-order valence-electron chi connectivity index (χ1n) is 25.9. The molecule has 0 amide bonds. The fourth-order valence-electron chi connectivity index (χ4n) is 16.9. The number of para-hydroxylation sites is 2. The number of hydrogen-bond acceptors (Lipinski definition) is 4. The van der Waals surface area contributed by atoms with Crippen LogP contribution in [0.4, 0.5) is 0 Å². The van der Waals surface area contributed by atoms with E-state index in [1.807, 2.05) is 0 Å². The van der Waals surface area contributed by atoms with E-state index in [0.717, 1.165) is 95.9 Å². The SMILES string of the molecule is C1=CCCC(C2(c3ccccc3)C3=C(CCC=C3)c3ccc(-c4nc(CC5C6C[C@H]7C[C@H]8CC5[C@@]8(C6)C7)nc(-c5ccc6c(c5)C5(c7ccccc7Oc7ccccc75)c5ccccc5-6)n4)cc32)=C1. The molecule has 4 fully saturated rings. The zero-order valence-corrected chi connectivity index (χ0v) is 38.9. The van der Waals surface area contributed by atoms with E-state index < -0.39 is 5.41 Å². The summed E-state index contributed by atoms with van der Waals surface area (Å²) in [7, 11) is 0.